The van der Waals surface area contributed by atoms with Crippen molar-refractivity contribution in [3.05, 3.63) is 53.6 Å². The molecule has 3 heteroatoms. The number of rotatable bonds is 4. The average Bonchev–Trinajstić information content (AvgIpc) is 2.53. The fourth-order valence-corrected chi connectivity index (χ4v) is 2.46. The first-order valence-corrected chi connectivity index (χ1v) is 7.45. The minimum Gasteiger partial charge on any atom is -0.486 e. The van der Waals surface area contributed by atoms with Crippen LogP contribution in [0.4, 0.5) is 5.69 Å². The van der Waals surface area contributed by atoms with Crippen molar-refractivity contribution in [1.82, 2.24) is 0 Å². The Balaban J connectivity index is 1.70. The van der Waals surface area contributed by atoms with Crippen LogP contribution in [-0.4, -0.2) is 13.2 Å². The molecule has 3 nitrogen and oxygen atoms in total. The lowest BCUT2D eigenvalue weighted by Gasteiger charge is -2.21. The standard InChI is InChI=1S/C18H21NO2/c1-13(2)14-6-8-16(9-7-14)19-12-15-4-3-5-17-18(15)21-11-10-20-17/h3-9,13,19H,10-12H2,1-2H3. The van der Waals surface area contributed by atoms with Gasteiger partial charge in [0.05, 0.1) is 0 Å². The summed E-state index contributed by atoms with van der Waals surface area (Å²) in [7, 11) is 0. The van der Waals surface area contributed by atoms with Gasteiger partial charge in [0.15, 0.2) is 11.5 Å². The summed E-state index contributed by atoms with van der Waals surface area (Å²) >= 11 is 0. The van der Waals surface area contributed by atoms with Gasteiger partial charge < -0.3 is 14.8 Å². The average molecular weight is 283 g/mol. The van der Waals surface area contributed by atoms with Crippen molar-refractivity contribution in [3.8, 4) is 11.5 Å². The second-order valence-corrected chi connectivity index (χ2v) is 5.57. The Kier molecular flexibility index (Phi) is 4.00. The van der Waals surface area contributed by atoms with E-state index in [9.17, 15) is 0 Å². The molecule has 21 heavy (non-hydrogen) atoms. The molecule has 0 amide bonds. The number of nitrogens with one attached hydrogen (secondary N) is 1. The van der Waals surface area contributed by atoms with Crippen molar-refractivity contribution < 1.29 is 9.47 Å². The fourth-order valence-electron chi connectivity index (χ4n) is 2.46. The summed E-state index contributed by atoms with van der Waals surface area (Å²) in [5.74, 6) is 2.27. The van der Waals surface area contributed by atoms with E-state index in [1.165, 1.54) is 5.56 Å². The Morgan fingerprint density at radius 2 is 1.76 bits per heavy atom. The van der Waals surface area contributed by atoms with Crippen LogP contribution in [0.3, 0.4) is 0 Å². The summed E-state index contributed by atoms with van der Waals surface area (Å²) in [5, 5.41) is 3.44. The lowest BCUT2D eigenvalue weighted by molar-refractivity contribution is 0.170. The summed E-state index contributed by atoms with van der Waals surface area (Å²) in [6.07, 6.45) is 0. The van der Waals surface area contributed by atoms with Gasteiger partial charge in [0.25, 0.3) is 0 Å². The van der Waals surface area contributed by atoms with Crippen molar-refractivity contribution in [1.29, 1.82) is 0 Å². The van der Waals surface area contributed by atoms with Crippen LogP contribution in [0.2, 0.25) is 0 Å². The molecule has 0 saturated carbocycles. The molecular formula is C18H21NO2. The second kappa shape index (κ2) is 6.08. The molecule has 1 N–H and O–H groups in total. The summed E-state index contributed by atoms with van der Waals surface area (Å²) in [6.45, 7) is 6.38. The van der Waals surface area contributed by atoms with Gasteiger partial charge >= 0.3 is 0 Å². The first-order chi connectivity index (χ1) is 10.2. The Labute approximate surface area is 125 Å². The van der Waals surface area contributed by atoms with E-state index in [1.54, 1.807) is 0 Å². The second-order valence-electron chi connectivity index (χ2n) is 5.57. The number of anilines is 1. The number of ether oxygens (including phenoxy) is 2. The van der Waals surface area contributed by atoms with E-state index in [0.717, 1.165) is 29.3 Å². The summed E-state index contributed by atoms with van der Waals surface area (Å²) in [4.78, 5) is 0. The van der Waals surface area contributed by atoms with Crippen LogP contribution in [0.15, 0.2) is 42.5 Å². The lowest BCUT2D eigenvalue weighted by Crippen LogP contribution is -2.17. The van der Waals surface area contributed by atoms with E-state index in [2.05, 4.69) is 49.5 Å². The van der Waals surface area contributed by atoms with Gasteiger partial charge in [-0.05, 0) is 29.7 Å². The molecule has 2 aromatic rings. The van der Waals surface area contributed by atoms with Crippen LogP contribution in [0.1, 0.15) is 30.9 Å². The quantitative estimate of drug-likeness (QED) is 0.912. The van der Waals surface area contributed by atoms with Crippen LogP contribution in [0, 0.1) is 0 Å². The van der Waals surface area contributed by atoms with Crippen LogP contribution in [0.25, 0.3) is 0 Å². The predicted molar refractivity (Wildman–Crippen MR) is 85.3 cm³/mol. The lowest BCUT2D eigenvalue weighted by atomic mass is 10.0. The SMILES string of the molecule is CC(C)c1ccc(NCc2cccc3c2OCCO3)cc1. The molecule has 1 aliphatic rings. The van der Waals surface area contributed by atoms with E-state index in [1.807, 2.05) is 12.1 Å². The van der Waals surface area contributed by atoms with E-state index in [0.29, 0.717) is 19.1 Å². The monoisotopic (exact) mass is 283 g/mol. The van der Waals surface area contributed by atoms with Gasteiger partial charge in [-0.3, -0.25) is 0 Å². The third-order valence-electron chi connectivity index (χ3n) is 3.71. The fraction of sp³-hybridized carbons (Fsp3) is 0.333. The highest BCUT2D eigenvalue weighted by molar-refractivity contribution is 5.51. The molecule has 0 unspecified atom stereocenters. The smallest absolute Gasteiger partial charge is 0.166 e. The minimum atomic E-state index is 0.561. The summed E-state index contributed by atoms with van der Waals surface area (Å²) < 4.78 is 11.3. The molecule has 0 radical (unpaired) electrons. The summed E-state index contributed by atoms with van der Waals surface area (Å²) in [6, 6.07) is 14.6. The minimum absolute atomic E-state index is 0.561. The normalized spacial score (nSPS) is 13.3. The first-order valence-electron chi connectivity index (χ1n) is 7.45. The number of hydrogen-bond donors (Lipinski definition) is 1. The molecule has 1 aliphatic heterocycles. The maximum atomic E-state index is 5.73. The van der Waals surface area contributed by atoms with Crippen molar-refractivity contribution >= 4 is 5.69 Å². The molecule has 0 atom stereocenters. The van der Waals surface area contributed by atoms with E-state index < -0.39 is 0 Å². The van der Waals surface area contributed by atoms with E-state index in [4.69, 9.17) is 9.47 Å². The number of para-hydroxylation sites is 1. The molecule has 110 valence electrons. The number of hydrogen-bond acceptors (Lipinski definition) is 3. The largest absolute Gasteiger partial charge is 0.486 e. The topological polar surface area (TPSA) is 30.5 Å². The Morgan fingerprint density at radius 3 is 2.52 bits per heavy atom. The van der Waals surface area contributed by atoms with Crippen molar-refractivity contribution in [2.24, 2.45) is 0 Å². The third-order valence-corrected chi connectivity index (χ3v) is 3.71. The van der Waals surface area contributed by atoms with Gasteiger partial charge in [-0.1, -0.05) is 38.1 Å². The maximum absolute atomic E-state index is 5.73. The van der Waals surface area contributed by atoms with Crippen LogP contribution < -0.4 is 14.8 Å². The van der Waals surface area contributed by atoms with Crippen molar-refractivity contribution in [2.75, 3.05) is 18.5 Å². The van der Waals surface area contributed by atoms with Crippen LogP contribution in [-0.2, 0) is 6.54 Å². The predicted octanol–water partition coefficient (Wildman–Crippen LogP) is 4.19. The molecule has 0 aromatic heterocycles. The van der Waals surface area contributed by atoms with E-state index in [-0.39, 0.29) is 0 Å². The Hall–Kier alpha value is -2.16. The van der Waals surface area contributed by atoms with Gasteiger partial charge in [0.1, 0.15) is 13.2 Å². The molecule has 0 spiro atoms. The van der Waals surface area contributed by atoms with Crippen molar-refractivity contribution in [3.63, 3.8) is 0 Å². The molecule has 0 saturated heterocycles. The van der Waals surface area contributed by atoms with Gasteiger partial charge in [0.2, 0.25) is 0 Å². The molecule has 3 rings (SSSR count). The maximum Gasteiger partial charge on any atom is 0.166 e. The highest BCUT2D eigenvalue weighted by atomic mass is 16.6. The molecule has 0 fully saturated rings. The third kappa shape index (κ3) is 3.13. The highest BCUT2D eigenvalue weighted by Gasteiger charge is 2.15. The van der Waals surface area contributed by atoms with Crippen LogP contribution >= 0.6 is 0 Å². The molecular weight excluding hydrogens is 262 g/mol. The zero-order chi connectivity index (χ0) is 14.7. The highest BCUT2D eigenvalue weighted by Crippen LogP contribution is 2.34. The van der Waals surface area contributed by atoms with Gasteiger partial charge in [-0.2, -0.15) is 0 Å². The number of benzene rings is 2. The van der Waals surface area contributed by atoms with Gasteiger partial charge in [-0.15, -0.1) is 0 Å². The molecule has 0 aliphatic carbocycles. The zero-order valence-electron chi connectivity index (χ0n) is 12.6. The molecule has 2 aromatic carbocycles. The zero-order valence-corrected chi connectivity index (χ0v) is 12.6. The van der Waals surface area contributed by atoms with Gasteiger partial charge in [0, 0.05) is 17.8 Å². The van der Waals surface area contributed by atoms with E-state index >= 15 is 0 Å². The summed E-state index contributed by atoms with van der Waals surface area (Å²) in [5.41, 5.74) is 3.60. The molecule has 1 heterocycles. The van der Waals surface area contributed by atoms with Crippen LogP contribution in [0.5, 0.6) is 11.5 Å². The van der Waals surface area contributed by atoms with Gasteiger partial charge in [-0.25, -0.2) is 0 Å². The molecule has 0 bridgehead atoms. The Morgan fingerprint density at radius 1 is 1.00 bits per heavy atom. The van der Waals surface area contributed by atoms with Crippen molar-refractivity contribution in [2.45, 2.75) is 26.3 Å². The number of fused-ring (bicyclic) bond motifs is 1. The Bertz CT molecular complexity index is 605. The first kappa shape index (κ1) is 13.8.